The summed E-state index contributed by atoms with van der Waals surface area (Å²) in [6.45, 7) is 0. The van der Waals surface area contributed by atoms with Gasteiger partial charge in [0.05, 0.1) is 15.2 Å². The molecule has 78 valence electrons. The van der Waals surface area contributed by atoms with Gasteiger partial charge in [-0.3, -0.25) is 0 Å². The lowest BCUT2D eigenvalue weighted by atomic mass is 10.2. The third-order valence-corrected chi connectivity index (χ3v) is 4.14. The van der Waals surface area contributed by atoms with Crippen LogP contribution in [0.5, 0.6) is 0 Å². The minimum Gasteiger partial charge on any atom is -0.327 e. The summed E-state index contributed by atoms with van der Waals surface area (Å²) in [5.41, 5.74) is 6.93. The van der Waals surface area contributed by atoms with Crippen molar-refractivity contribution in [1.82, 2.24) is 4.98 Å². The Kier molecular flexibility index (Phi) is 2.22. The first-order valence-electron chi connectivity index (χ1n) is 5.43. The average Bonchev–Trinajstić information content (AvgIpc) is 2.79. The molecule has 3 rings (SSSR count). The van der Waals surface area contributed by atoms with E-state index in [-0.39, 0.29) is 0 Å². The molecule has 1 fully saturated rings. The summed E-state index contributed by atoms with van der Waals surface area (Å²) < 4.78 is 1.30. The van der Waals surface area contributed by atoms with E-state index in [1.54, 1.807) is 0 Å². The molecule has 0 spiro atoms. The van der Waals surface area contributed by atoms with E-state index in [0.29, 0.717) is 6.04 Å². The predicted molar refractivity (Wildman–Crippen MR) is 64.0 cm³/mol. The Balaban J connectivity index is 1.74. The maximum Gasteiger partial charge on any atom is 0.0938 e. The zero-order chi connectivity index (χ0) is 10.3. The van der Waals surface area contributed by atoms with Gasteiger partial charge in [0.2, 0.25) is 0 Å². The van der Waals surface area contributed by atoms with Crippen molar-refractivity contribution in [2.24, 2.45) is 11.7 Å². The molecule has 0 bridgehead atoms. The number of para-hydroxylation sites is 1. The summed E-state index contributed by atoms with van der Waals surface area (Å²) in [4.78, 5) is 4.62. The maximum absolute atomic E-state index is 5.79. The monoisotopic (exact) mass is 218 g/mol. The molecular formula is C12H14N2S. The molecule has 1 aromatic carbocycles. The summed E-state index contributed by atoms with van der Waals surface area (Å²) in [7, 11) is 0. The van der Waals surface area contributed by atoms with Crippen molar-refractivity contribution in [1.29, 1.82) is 0 Å². The van der Waals surface area contributed by atoms with E-state index in [2.05, 4.69) is 23.2 Å². The van der Waals surface area contributed by atoms with Crippen LogP contribution in [0.4, 0.5) is 0 Å². The molecule has 0 aliphatic heterocycles. The lowest BCUT2D eigenvalue weighted by molar-refractivity contribution is 0.698. The second kappa shape index (κ2) is 3.58. The molecule has 3 heteroatoms. The SMILES string of the molecule is N[C@@H]1C[C@H]1CCc1nc2ccccc2s1. The van der Waals surface area contributed by atoms with Gasteiger partial charge in [0, 0.05) is 6.04 Å². The van der Waals surface area contributed by atoms with E-state index >= 15 is 0 Å². The Morgan fingerprint density at radius 3 is 2.93 bits per heavy atom. The first-order chi connectivity index (χ1) is 7.33. The van der Waals surface area contributed by atoms with Gasteiger partial charge in [-0.15, -0.1) is 11.3 Å². The smallest absolute Gasteiger partial charge is 0.0938 e. The normalized spacial score (nSPS) is 24.6. The van der Waals surface area contributed by atoms with Crippen LogP contribution in [0.15, 0.2) is 24.3 Å². The van der Waals surface area contributed by atoms with Crippen LogP contribution >= 0.6 is 11.3 Å². The van der Waals surface area contributed by atoms with Crippen LogP contribution in [0.1, 0.15) is 17.8 Å². The van der Waals surface area contributed by atoms with Crippen molar-refractivity contribution in [2.45, 2.75) is 25.3 Å². The van der Waals surface area contributed by atoms with Crippen LogP contribution in [0.2, 0.25) is 0 Å². The third-order valence-electron chi connectivity index (χ3n) is 3.04. The van der Waals surface area contributed by atoms with E-state index in [9.17, 15) is 0 Å². The Hall–Kier alpha value is -0.930. The molecule has 2 atom stereocenters. The van der Waals surface area contributed by atoms with Gasteiger partial charge in [-0.05, 0) is 37.3 Å². The maximum atomic E-state index is 5.79. The van der Waals surface area contributed by atoms with Crippen LogP contribution in [0.25, 0.3) is 10.2 Å². The Morgan fingerprint density at radius 1 is 1.40 bits per heavy atom. The number of benzene rings is 1. The highest BCUT2D eigenvalue weighted by atomic mass is 32.1. The molecule has 0 amide bonds. The molecule has 1 aliphatic carbocycles. The summed E-state index contributed by atoms with van der Waals surface area (Å²) in [5.74, 6) is 0.761. The molecule has 1 saturated carbocycles. The second-order valence-corrected chi connectivity index (χ2v) is 5.39. The van der Waals surface area contributed by atoms with Crippen molar-refractivity contribution >= 4 is 21.6 Å². The van der Waals surface area contributed by atoms with Gasteiger partial charge in [-0.2, -0.15) is 0 Å². The molecule has 2 aromatic rings. The van der Waals surface area contributed by atoms with Crippen LogP contribution in [0.3, 0.4) is 0 Å². The predicted octanol–water partition coefficient (Wildman–Crippen LogP) is 2.58. The summed E-state index contributed by atoms with van der Waals surface area (Å²) >= 11 is 1.82. The molecule has 2 nitrogen and oxygen atoms in total. The van der Waals surface area contributed by atoms with E-state index in [1.807, 2.05) is 17.4 Å². The Labute approximate surface area is 93.1 Å². The number of thiazole rings is 1. The quantitative estimate of drug-likeness (QED) is 0.860. The van der Waals surface area contributed by atoms with E-state index in [0.717, 1.165) is 17.9 Å². The minimum absolute atomic E-state index is 0.472. The standard InChI is InChI=1S/C12H14N2S/c13-9-7-8(9)5-6-12-14-10-3-1-2-4-11(10)15-12/h1-4,8-9H,5-7,13H2/t8-,9-/m1/s1. The number of nitrogens with two attached hydrogens (primary N) is 1. The third kappa shape index (κ3) is 1.90. The summed E-state index contributed by atoms with van der Waals surface area (Å²) in [6.07, 6.45) is 3.52. The first-order valence-corrected chi connectivity index (χ1v) is 6.24. The number of aryl methyl sites for hydroxylation is 1. The van der Waals surface area contributed by atoms with Crippen molar-refractivity contribution in [3.05, 3.63) is 29.3 Å². The van der Waals surface area contributed by atoms with Crippen LogP contribution in [-0.2, 0) is 6.42 Å². The number of rotatable bonds is 3. The zero-order valence-electron chi connectivity index (χ0n) is 8.52. The minimum atomic E-state index is 0.472. The average molecular weight is 218 g/mol. The summed E-state index contributed by atoms with van der Waals surface area (Å²) in [6, 6.07) is 8.81. The number of hydrogen-bond acceptors (Lipinski definition) is 3. The van der Waals surface area contributed by atoms with Gasteiger partial charge in [-0.25, -0.2) is 4.98 Å². The summed E-state index contributed by atoms with van der Waals surface area (Å²) in [5, 5.41) is 1.26. The van der Waals surface area contributed by atoms with E-state index in [4.69, 9.17) is 5.73 Å². The van der Waals surface area contributed by atoms with Crippen LogP contribution in [-0.4, -0.2) is 11.0 Å². The van der Waals surface area contributed by atoms with Gasteiger partial charge >= 0.3 is 0 Å². The van der Waals surface area contributed by atoms with Gasteiger partial charge < -0.3 is 5.73 Å². The Morgan fingerprint density at radius 2 is 2.20 bits per heavy atom. The van der Waals surface area contributed by atoms with Gasteiger partial charge in [0.15, 0.2) is 0 Å². The second-order valence-electron chi connectivity index (χ2n) is 4.27. The molecule has 0 unspecified atom stereocenters. The van der Waals surface area contributed by atoms with Crippen LogP contribution < -0.4 is 5.73 Å². The molecule has 2 N–H and O–H groups in total. The van der Waals surface area contributed by atoms with E-state index in [1.165, 1.54) is 22.5 Å². The fourth-order valence-electron chi connectivity index (χ4n) is 1.94. The Bertz CT molecular complexity index is 444. The highest BCUT2D eigenvalue weighted by Crippen LogP contribution is 2.33. The molecule has 1 aliphatic rings. The molecule has 1 aromatic heterocycles. The zero-order valence-corrected chi connectivity index (χ0v) is 9.33. The largest absolute Gasteiger partial charge is 0.327 e. The molecule has 0 radical (unpaired) electrons. The molecular weight excluding hydrogens is 204 g/mol. The number of fused-ring (bicyclic) bond motifs is 1. The van der Waals surface area contributed by atoms with Gasteiger partial charge in [0.25, 0.3) is 0 Å². The highest BCUT2D eigenvalue weighted by Gasteiger charge is 2.32. The fraction of sp³-hybridized carbons (Fsp3) is 0.417. The first kappa shape index (κ1) is 9.31. The van der Waals surface area contributed by atoms with Crippen molar-refractivity contribution < 1.29 is 0 Å². The fourth-order valence-corrected chi connectivity index (χ4v) is 2.92. The van der Waals surface area contributed by atoms with E-state index < -0.39 is 0 Å². The number of hydrogen-bond donors (Lipinski definition) is 1. The topological polar surface area (TPSA) is 38.9 Å². The van der Waals surface area contributed by atoms with Crippen LogP contribution in [0, 0.1) is 5.92 Å². The lowest BCUT2D eigenvalue weighted by Crippen LogP contribution is -2.02. The molecule has 1 heterocycles. The highest BCUT2D eigenvalue weighted by molar-refractivity contribution is 7.18. The molecule has 15 heavy (non-hydrogen) atoms. The molecule has 0 saturated heterocycles. The number of nitrogens with zero attached hydrogens (tertiary/aromatic N) is 1. The number of aromatic nitrogens is 1. The van der Waals surface area contributed by atoms with Gasteiger partial charge in [0.1, 0.15) is 0 Å². The van der Waals surface area contributed by atoms with Gasteiger partial charge in [-0.1, -0.05) is 12.1 Å². The van der Waals surface area contributed by atoms with Crippen molar-refractivity contribution in [3.63, 3.8) is 0 Å². The van der Waals surface area contributed by atoms with Crippen molar-refractivity contribution in [3.8, 4) is 0 Å². The van der Waals surface area contributed by atoms with Crippen molar-refractivity contribution in [2.75, 3.05) is 0 Å². The lowest BCUT2D eigenvalue weighted by Gasteiger charge is -1.93.